The van der Waals surface area contributed by atoms with Crippen molar-refractivity contribution in [1.82, 2.24) is 5.32 Å². The Morgan fingerprint density at radius 2 is 1.79 bits per heavy atom. The first-order valence-electron chi connectivity index (χ1n) is 9.71. The lowest BCUT2D eigenvalue weighted by atomic mass is 10.2. The predicted molar refractivity (Wildman–Crippen MR) is 117 cm³/mol. The lowest BCUT2D eigenvalue weighted by Crippen LogP contribution is -2.34. The van der Waals surface area contributed by atoms with Crippen molar-refractivity contribution in [2.75, 3.05) is 18.5 Å². The molecule has 0 heterocycles. The fraction of sp³-hybridized carbons (Fsp3) is 0.364. The first-order valence-corrected chi connectivity index (χ1v) is 10.1. The highest BCUT2D eigenvalue weighted by molar-refractivity contribution is 7.80. The molecule has 0 bridgehead atoms. The molecule has 2 rings (SSSR count). The topological polar surface area (TPSA) is 59.6 Å². The second-order valence-electron chi connectivity index (χ2n) is 6.34. The van der Waals surface area contributed by atoms with Crippen LogP contribution in [0, 0.1) is 0 Å². The average Bonchev–Trinajstić information content (AvgIpc) is 2.70. The molecule has 0 aromatic heterocycles. The van der Waals surface area contributed by atoms with Crippen LogP contribution in [0.3, 0.4) is 0 Å². The van der Waals surface area contributed by atoms with Crippen molar-refractivity contribution < 1.29 is 14.3 Å². The number of para-hydroxylation sites is 1. The number of rotatable bonds is 10. The number of anilines is 1. The molecule has 5 nitrogen and oxygen atoms in total. The summed E-state index contributed by atoms with van der Waals surface area (Å²) in [6.07, 6.45) is 4.12. The van der Waals surface area contributed by atoms with Gasteiger partial charge in [0.1, 0.15) is 11.5 Å². The van der Waals surface area contributed by atoms with E-state index in [4.69, 9.17) is 21.7 Å². The summed E-state index contributed by atoms with van der Waals surface area (Å²) in [5, 5.41) is 5.95. The summed E-state index contributed by atoms with van der Waals surface area (Å²) in [5.41, 5.74) is 1.21. The van der Waals surface area contributed by atoms with Gasteiger partial charge >= 0.3 is 0 Å². The quantitative estimate of drug-likeness (QED) is 0.425. The Morgan fingerprint density at radius 1 is 0.964 bits per heavy atom. The summed E-state index contributed by atoms with van der Waals surface area (Å²) in [7, 11) is 0. The van der Waals surface area contributed by atoms with Crippen LogP contribution in [0.25, 0.3) is 0 Å². The van der Waals surface area contributed by atoms with E-state index in [0.29, 0.717) is 24.5 Å². The standard InChI is InChI=1S/C22H28N2O3S/c1-3-5-8-15-27-20-13-7-6-12-19(20)21(25)24-22(28)23-17-10-9-11-18(16-17)26-14-4-2/h6-7,9-13,16H,3-5,8,14-15H2,1-2H3,(H2,23,24,25,28). The van der Waals surface area contributed by atoms with Crippen LogP contribution in [0.15, 0.2) is 48.5 Å². The summed E-state index contributed by atoms with van der Waals surface area (Å²) in [4.78, 5) is 12.6. The second kappa shape index (κ2) is 12.0. The third kappa shape index (κ3) is 7.19. The SMILES string of the molecule is CCCCCOc1ccccc1C(=O)NC(=S)Nc1cccc(OCCC)c1. The summed E-state index contributed by atoms with van der Waals surface area (Å²) in [6.45, 7) is 5.43. The second-order valence-corrected chi connectivity index (χ2v) is 6.74. The normalized spacial score (nSPS) is 10.2. The van der Waals surface area contributed by atoms with Gasteiger partial charge in [0, 0.05) is 11.8 Å². The number of ether oxygens (including phenoxy) is 2. The van der Waals surface area contributed by atoms with Crippen molar-refractivity contribution in [2.24, 2.45) is 0 Å². The van der Waals surface area contributed by atoms with Gasteiger partial charge in [-0.05, 0) is 49.3 Å². The molecule has 0 aliphatic carbocycles. The van der Waals surface area contributed by atoms with E-state index in [9.17, 15) is 4.79 Å². The number of carbonyl (C=O) groups excluding carboxylic acids is 1. The largest absolute Gasteiger partial charge is 0.494 e. The molecule has 2 N–H and O–H groups in total. The highest BCUT2D eigenvalue weighted by atomic mass is 32.1. The van der Waals surface area contributed by atoms with Gasteiger partial charge in [-0.3, -0.25) is 10.1 Å². The van der Waals surface area contributed by atoms with Crippen molar-refractivity contribution in [1.29, 1.82) is 0 Å². The van der Waals surface area contributed by atoms with Gasteiger partial charge in [-0.15, -0.1) is 0 Å². The van der Waals surface area contributed by atoms with E-state index in [1.807, 2.05) is 30.3 Å². The van der Waals surface area contributed by atoms with Crippen LogP contribution in [0.5, 0.6) is 11.5 Å². The van der Waals surface area contributed by atoms with Crippen molar-refractivity contribution in [3.63, 3.8) is 0 Å². The van der Waals surface area contributed by atoms with E-state index in [0.717, 1.165) is 37.1 Å². The van der Waals surface area contributed by atoms with Crippen molar-refractivity contribution in [3.8, 4) is 11.5 Å². The summed E-state index contributed by atoms with van der Waals surface area (Å²) in [5.74, 6) is 1.02. The molecule has 0 aliphatic rings. The molecule has 2 aromatic carbocycles. The zero-order valence-corrected chi connectivity index (χ0v) is 17.3. The number of hydrogen-bond acceptors (Lipinski definition) is 4. The number of carbonyl (C=O) groups is 1. The van der Waals surface area contributed by atoms with Crippen LogP contribution in [0.4, 0.5) is 5.69 Å². The number of unbranched alkanes of at least 4 members (excludes halogenated alkanes) is 2. The van der Waals surface area contributed by atoms with Gasteiger partial charge in [-0.25, -0.2) is 0 Å². The Morgan fingerprint density at radius 3 is 2.57 bits per heavy atom. The maximum atomic E-state index is 12.6. The third-order valence-corrected chi connectivity index (χ3v) is 4.13. The fourth-order valence-corrected chi connectivity index (χ4v) is 2.74. The van der Waals surface area contributed by atoms with Crippen LogP contribution in [-0.2, 0) is 0 Å². The molecule has 0 unspecified atom stereocenters. The van der Waals surface area contributed by atoms with Gasteiger partial charge in [0.15, 0.2) is 5.11 Å². The highest BCUT2D eigenvalue weighted by Gasteiger charge is 2.13. The summed E-state index contributed by atoms with van der Waals surface area (Å²) >= 11 is 5.28. The zero-order chi connectivity index (χ0) is 20.2. The Bertz CT molecular complexity index is 780. The van der Waals surface area contributed by atoms with Crippen LogP contribution in [0.1, 0.15) is 49.9 Å². The van der Waals surface area contributed by atoms with Crippen LogP contribution in [0.2, 0.25) is 0 Å². The molecular formula is C22H28N2O3S. The summed E-state index contributed by atoms with van der Waals surface area (Å²) in [6, 6.07) is 14.6. The van der Waals surface area contributed by atoms with Crippen molar-refractivity contribution in [3.05, 3.63) is 54.1 Å². The van der Waals surface area contributed by atoms with Crippen LogP contribution in [-0.4, -0.2) is 24.2 Å². The van der Waals surface area contributed by atoms with Gasteiger partial charge in [-0.1, -0.05) is 44.9 Å². The highest BCUT2D eigenvalue weighted by Crippen LogP contribution is 2.19. The Kier molecular flexibility index (Phi) is 9.28. The lowest BCUT2D eigenvalue weighted by Gasteiger charge is -2.13. The molecule has 150 valence electrons. The minimum atomic E-state index is -0.304. The molecule has 6 heteroatoms. The molecule has 1 amide bonds. The Hall–Kier alpha value is -2.60. The first-order chi connectivity index (χ1) is 13.6. The van der Waals surface area contributed by atoms with E-state index in [1.54, 1.807) is 18.2 Å². The molecule has 0 spiro atoms. The smallest absolute Gasteiger partial charge is 0.261 e. The van der Waals surface area contributed by atoms with E-state index in [1.165, 1.54) is 0 Å². The predicted octanol–water partition coefficient (Wildman–Crippen LogP) is 5.17. The molecule has 0 saturated heterocycles. The maximum absolute atomic E-state index is 12.6. The van der Waals surface area contributed by atoms with Gasteiger partial charge in [0.25, 0.3) is 5.91 Å². The molecule has 0 fully saturated rings. The number of thiocarbonyl (C=S) groups is 1. The molecule has 0 atom stereocenters. The van der Waals surface area contributed by atoms with Crippen molar-refractivity contribution >= 4 is 28.9 Å². The molecule has 0 aliphatic heterocycles. The number of amides is 1. The molecule has 2 aromatic rings. The lowest BCUT2D eigenvalue weighted by molar-refractivity contribution is 0.0973. The number of hydrogen-bond donors (Lipinski definition) is 2. The zero-order valence-electron chi connectivity index (χ0n) is 16.5. The van der Waals surface area contributed by atoms with E-state index < -0.39 is 0 Å². The molecular weight excluding hydrogens is 372 g/mol. The van der Waals surface area contributed by atoms with Gasteiger partial charge in [0.2, 0.25) is 0 Å². The van der Waals surface area contributed by atoms with Crippen molar-refractivity contribution in [2.45, 2.75) is 39.5 Å². The fourth-order valence-electron chi connectivity index (χ4n) is 2.53. The van der Waals surface area contributed by atoms with Gasteiger partial charge in [-0.2, -0.15) is 0 Å². The maximum Gasteiger partial charge on any atom is 0.261 e. The molecule has 28 heavy (non-hydrogen) atoms. The summed E-state index contributed by atoms with van der Waals surface area (Å²) < 4.78 is 11.4. The molecule has 0 radical (unpaired) electrons. The van der Waals surface area contributed by atoms with E-state index in [2.05, 4.69) is 24.5 Å². The minimum absolute atomic E-state index is 0.221. The number of benzene rings is 2. The van der Waals surface area contributed by atoms with Crippen LogP contribution < -0.4 is 20.1 Å². The van der Waals surface area contributed by atoms with E-state index in [-0.39, 0.29) is 11.0 Å². The number of nitrogens with one attached hydrogen (secondary N) is 2. The minimum Gasteiger partial charge on any atom is -0.494 e. The van der Waals surface area contributed by atoms with E-state index >= 15 is 0 Å². The average molecular weight is 401 g/mol. The first kappa shape index (κ1) is 21.7. The van der Waals surface area contributed by atoms with Gasteiger partial charge < -0.3 is 14.8 Å². The third-order valence-electron chi connectivity index (χ3n) is 3.93. The Labute approximate surface area is 172 Å². The molecule has 0 saturated carbocycles. The monoisotopic (exact) mass is 400 g/mol. The van der Waals surface area contributed by atoms with Gasteiger partial charge in [0.05, 0.1) is 18.8 Å². The van der Waals surface area contributed by atoms with Crippen LogP contribution >= 0.6 is 12.2 Å². The Balaban J connectivity index is 1.94.